The topological polar surface area (TPSA) is 9.23 Å². The average Bonchev–Trinajstić information content (AvgIpc) is 2.74. The van der Waals surface area contributed by atoms with Crippen LogP contribution in [0.3, 0.4) is 0 Å². The van der Waals surface area contributed by atoms with Gasteiger partial charge in [0.1, 0.15) is 5.75 Å². The Bertz CT molecular complexity index is 701. The molecule has 0 aromatic heterocycles. The molecule has 1 heteroatoms. The van der Waals surface area contributed by atoms with Crippen molar-refractivity contribution in [1.29, 1.82) is 0 Å². The summed E-state index contributed by atoms with van der Waals surface area (Å²) in [5, 5.41) is 0. The van der Waals surface area contributed by atoms with Gasteiger partial charge < -0.3 is 4.74 Å². The third-order valence-electron chi connectivity index (χ3n) is 6.16. The van der Waals surface area contributed by atoms with Crippen LogP contribution >= 0.6 is 0 Å². The molecule has 28 heavy (non-hydrogen) atoms. The fraction of sp³-hybridized carbons (Fsp3) is 0.556. The Morgan fingerprint density at radius 2 is 1.54 bits per heavy atom. The highest BCUT2D eigenvalue weighted by Crippen LogP contribution is 2.32. The van der Waals surface area contributed by atoms with Gasteiger partial charge in [-0.2, -0.15) is 0 Å². The van der Waals surface area contributed by atoms with Crippen molar-refractivity contribution in [1.82, 2.24) is 0 Å². The number of benzene rings is 2. The fourth-order valence-electron chi connectivity index (χ4n) is 4.43. The summed E-state index contributed by atoms with van der Waals surface area (Å²) in [4.78, 5) is 0. The molecular formula is C27H38O. The van der Waals surface area contributed by atoms with Crippen molar-refractivity contribution in [3.8, 4) is 16.9 Å². The van der Waals surface area contributed by atoms with E-state index in [-0.39, 0.29) is 0 Å². The molecule has 2 aromatic rings. The monoisotopic (exact) mass is 378 g/mol. The first-order chi connectivity index (χ1) is 13.8. The first-order valence-electron chi connectivity index (χ1n) is 11.6. The van der Waals surface area contributed by atoms with Gasteiger partial charge in [0.25, 0.3) is 0 Å². The number of rotatable bonds is 11. The van der Waals surface area contributed by atoms with E-state index in [1.165, 1.54) is 75.3 Å². The first-order valence-corrected chi connectivity index (χ1v) is 11.6. The van der Waals surface area contributed by atoms with Gasteiger partial charge >= 0.3 is 0 Å². The molecule has 1 nitrogen and oxygen atoms in total. The summed E-state index contributed by atoms with van der Waals surface area (Å²) < 4.78 is 5.71. The Hall–Kier alpha value is -1.76. The van der Waals surface area contributed by atoms with E-state index >= 15 is 0 Å². The van der Waals surface area contributed by atoms with Gasteiger partial charge in [-0.3, -0.25) is 0 Å². The number of aryl methyl sites for hydroxylation is 1. The Balaban J connectivity index is 1.52. The molecule has 1 atom stereocenters. The van der Waals surface area contributed by atoms with E-state index in [4.69, 9.17) is 4.74 Å². The van der Waals surface area contributed by atoms with Crippen LogP contribution in [0.1, 0.15) is 82.8 Å². The summed E-state index contributed by atoms with van der Waals surface area (Å²) in [7, 11) is 0. The van der Waals surface area contributed by atoms with Crippen LogP contribution in [0.4, 0.5) is 0 Å². The number of ether oxygens (including phenoxy) is 1. The summed E-state index contributed by atoms with van der Waals surface area (Å²) in [5.41, 5.74) is 5.80. The molecule has 0 radical (unpaired) electrons. The van der Waals surface area contributed by atoms with E-state index in [1.807, 2.05) is 0 Å². The quantitative estimate of drug-likeness (QED) is 0.360. The van der Waals surface area contributed by atoms with Crippen LogP contribution < -0.4 is 4.74 Å². The lowest BCUT2D eigenvalue weighted by molar-refractivity contribution is 0.317. The third-order valence-corrected chi connectivity index (χ3v) is 6.16. The highest BCUT2D eigenvalue weighted by Gasteiger charge is 2.18. The van der Waals surface area contributed by atoms with Crippen LogP contribution in [0.15, 0.2) is 42.5 Å². The van der Waals surface area contributed by atoms with Crippen molar-refractivity contribution < 1.29 is 4.74 Å². The van der Waals surface area contributed by atoms with Crippen molar-refractivity contribution >= 4 is 0 Å². The molecule has 0 aliphatic heterocycles. The summed E-state index contributed by atoms with van der Waals surface area (Å²) in [5.74, 6) is 1.88. The molecule has 0 amide bonds. The zero-order valence-electron chi connectivity index (χ0n) is 18.0. The van der Waals surface area contributed by atoms with Gasteiger partial charge in [0.2, 0.25) is 0 Å². The Morgan fingerprint density at radius 1 is 0.786 bits per heavy atom. The fourth-order valence-corrected chi connectivity index (χ4v) is 4.43. The minimum Gasteiger partial charge on any atom is -0.494 e. The largest absolute Gasteiger partial charge is 0.494 e. The van der Waals surface area contributed by atoms with E-state index in [9.17, 15) is 0 Å². The van der Waals surface area contributed by atoms with Gasteiger partial charge in [0.05, 0.1) is 6.61 Å². The van der Waals surface area contributed by atoms with Gasteiger partial charge in [-0.15, -0.1) is 0 Å². The predicted molar refractivity (Wildman–Crippen MR) is 121 cm³/mol. The molecule has 0 fully saturated rings. The lowest BCUT2D eigenvalue weighted by Gasteiger charge is -2.25. The average molecular weight is 379 g/mol. The van der Waals surface area contributed by atoms with Crippen LogP contribution in [-0.2, 0) is 12.8 Å². The maximum atomic E-state index is 5.71. The van der Waals surface area contributed by atoms with Gasteiger partial charge in [-0.25, -0.2) is 0 Å². The van der Waals surface area contributed by atoms with Crippen LogP contribution in [0.25, 0.3) is 11.1 Å². The van der Waals surface area contributed by atoms with E-state index in [2.05, 4.69) is 56.3 Å². The Kier molecular flexibility index (Phi) is 8.45. The molecule has 1 aliphatic rings. The molecule has 0 N–H and O–H groups in total. The van der Waals surface area contributed by atoms with Crippen LogP contribution in [0.2, 0.25) is 0 Å². The number of hydrogen-bond donors (Lipinski definition) is 0. The Morgan fingerprint density at radius 3 is 2.32 bits per heavy atom. The smallest absolute Gasteiger partial charge is 0.119 e. The van der Waals surface area contributed by atoms with Crippen LogP contribution in [-0.4, -0.2) is 6.61 Å². The van der Waals surface area contributed by atoms with Crippen molar-refractivity contribution in [2.24, 2.45) is 5.92 Å². The lowest BCUT2D eigenvalue weighted by Crippen LogP contribution is -2.14. The highest BCUT2D eigenvalue weighted by atomic mass is 16.5. The van der Waals surface area contributed by atoms with E-state index in [1.54, 1.807) is 11.1 Å². The zero-order valence-corrected chi connectivity index (χ0v) is 18.0. The van der Waals surface area contributed by atoms with Crippen molar-refractivity contribution in [2.45, 2.75) is 84.5 Å². The minimum absolute atomic E-state index is 0.790. The number of unbranched alkanes of at least 4 members (excludes halogenated alkanes) is 5. The second kappa shape index (κ2) is 11.3. The molecule has 0 saturated carbocycles. The molecular weight excluding hydrogens is 340 g/mol. The SMILES string of the molecule is CCCCCCCCC1CCc2cc(-c3ccc(OCCC)cc3)ccc2C1. The second-order valence-corrected chi connectivity index (χ2v) is 8.52. The summed E-state index contributed by atoms with van der Waals surface area (Å²) in [6.45, 7) is 5.22. The number of fused-ring (bicyclic) bond motifs is 1. The summed E-state index contributed by atoms with van der Waals surface area (Å²) >= 11 is 0. The van der Waals surface area contributed by atoms with Crippen molar-refractivity contribution in [3.63, 3.8) is 0 Å². The molecule has 1 unspecified atom stereocenters. The van der Waals surface area contributed by atoms with E-state index in [0.29, 0.717) is 0 Å². The molecule has 2 aromatic carbocycles. The molecule has 0 bridgehead atoms. The predicted octanol–water partition coefficient (Wildman–Crippen LogP) is 8.00. The zero-order chi connectivity index (χ0) is 19.6. The van der Waals surface area contributed by atoms with Crippen LogP contribution in [0.5, 0.6) is 5.75 Å². The normalized spacial score (nSPS) is 16.0. The maximum Gasteiger partial charge on any atom is 0.119 e. The summed E-state index contributed by atoms with van der Waals surface area (Å²) in [6.07, 6.45) is 14.9. The van der Waals surface area contributed by atoms with Crippen molar-refractivity contribution in [3.05, 3.63) is 53.6 Å². The maximum absolute atomic E-state index is 5.71. The summed E-state index contributed by atoms with van der Waals surface area (Å²) in [6, 6.07) is 15.7. The van der Waals surface area contributed by atoms with Gasteiger partial charge in [-0.1, -0.05) is 89.1 Å². The first kappa shape index (κ1) is 21.0. The second-order valence-electron chi connectivity index (χ2n) is 8.52. The van der Waals surface area contributed by atoms with Gasteiger partial charge in [0.15, 0.2) is 0 Å². The van der Waals surface area contributed by atoms with E-state index < -0.39 is 0 Å². The van der Waals surface area contributed by atoms with Gasteiger partial charge in [-0.05, 0) is 66.0 Å². The minimum atomic E-state index is 0.790. The van der Waals surface area contributed by atoms with Crippen LogP contribution in [0, 0.1) is 5.92 Å². The molecule has 152 valence electrons. The Labute approximate surface area is 172 Å². The third kappa shape index (κ3) is 6.12. The standard InChI is InChI=1S/C27H38O/c1-3-5-6-7-8-9-10-22-11-12-26-21-25(14-13-24(26)20-22)23-15-17-27(18-16-23)28-19-4-2/h13-18,21-22H,3-12,19-20H2,1-2H3. The molecule has 0 saturated heterocycles. The molecule has 0 spiro atoms. The van der Waals surface area contributed by atoms with Crippen molar-refractivity contribution in [2.75, 3.05) is 6.61 Å². The molecule has 1 aliphatic carbocycles. The van der Waals surface area contributed by atoms with E-state index in [0.717, 1.165) is 24.7 Å². The number of hydrogen-bond acceptors (Lipinski definition) is 1. The van der Waals surface area contributed by atoms with Gasteiger partial charge in [0, 0.05) is 0 Å². The lowest BCUT2D eigenvalue weighted by atomic mass is 9.80. The molecule has 3 rings (SSSR count). The highest BCUT2D eigenvalue weighted by molar-refractivity contribution is 5.65. The molecule has 0 heterocycles.